The zero-order valence-electron chi connectivity index (χ0n) is 16.0. The maximum Gasteiger partial charge on any atom is 0.224 e. The molecule has 0 saturated carbocycles. The minimum Gasteiger partial charge on any atom is -0.369 e. The van der Waals surface area contributed by atoms with Crippen molar-refractivity contribution in [2.75, 3.05) is 36.4 Å². The maximum absolute atomic E-state index is 13.8. The number of hydrogen-bond donors (Lipinski definition) is 1. The normalized spacial score (nSPS) is 15.0. The number of nitrogens with one attached hydrogen (secondary N) is 1. The van der Waals surface area contributed by atoms with E-state index in [1.165, 1.54) is 6.07 Å². The number of unbranched alkanes of at least 4 members (excludes halogenated alkanes) is 1. The third kappa shape index (κ3) is 5.54. The van der Waals surface area contributed by atoms with Gasteiger partial charge in [0.15, 0.2) is 0 Å². The van der Waals surface area contributed by atoms with E-state index in [1.807, 2.05) is 24.3 Å². The lowest BCUT2D eigenvalue weighted by atomic mass is 10.1. The van der Waals surface area contributed by atoms with Gasteiger partial charge in [-0.3, -0.25) is 9.69 Å². The van der Waals surface area contributed by atoms with Gasteiger partial charge in [0.1, 0.15) is 5.82 Å². The van der Waals surface area contributed by atoms with Gasteiger partial charge >= 0.3 is 0 Å². The summed E-state index contributed by atoms with van der Waals surface area (Å²) in [6, 6.07) is 15.0. The van der Waals surface area contributed by atoms with Gasteiger partial charge in [-0.05, 0) is 36.8 Å². The molecule has 1 fully saturated rings. The Kier molecular flexibility index (Phi) is 6.82. The first-order valence-electron chi connectivity index (χ1n) is 9.76. The lowest BCUT2D eigenvalue weighted by molar-refractivity contribution is -0.116. The topological polar surface area (TPSA) is 35.6 Å². The van der Waals surface area contributed by atoms with Crippen molar-refractivity contribution in [1.29, 1.82) is 0 Å². The van der Waals surface area contributed by atoms with Crippen molar-refractivity contribution in [2.24, 2.45) is 0 Å². The Morgan fingerprint density at radius 3 is 2.41 bits per heavy atom. The number of nitrogens with zero attached hydrogens (tertiary/aromatic N) is 2. The van der Waals surface area contributed by atoms with Gasteiger partial charge < -0.3 is 10.2 Å². The highest BCUT2D eigenvalue weighted by Crippen LogP contribution is 2.21. The van der Waals surface area contributed by atoms with Gasteiger partial charge in [-0.25, -0.2) is 4.39 Å². The molecule has 1 saturated heterocycles. The fraction of sp³-hybridized carbons (Fsp3) is 0.409. The quantitative estimate of drug-likeness (QED) is 0.791. The molecule has 4 nitrogen and oxygen atoms in total. The van der Waals surface area contributed by atoms with E-state index >= 15 is 0 Å². The third-order valence-electron chi connectivity index (χ3n) is 5.00. The van der Waals surface area contributed by atoms with E-state index in [0.717, 1.165) is 56.0 Å². The van der Waals surface area contributed by atoms with Crippen molar-refractivity contribution in [2.45, 2.75) is 32.7 Å². The molecule has 2 aromatic rings. The SMILES string of the molecule is CCCCC(=O)Nc1ccc(N2CCN(Cc3ccccc3F)CC2)cc1. The molecule has 0 bridgehead atoms. The van der Waals surface area contributed by atoms with Crippen LogP contribution in [0.5, 0.6) is 0 Å². The summed E-state index contributed by atoms with van der Waals surface area (Å²) < 4.78 is 13.8. The molecule has 0 aromatic heterocycles. The highest BCUT2D eigenvalue weighted by Gasteiger charge is 2.18. The second kappa shape index (κ2) is 9.51. The molecule has 27 heavy (non-hydrogen) atoms. The molecule has 1 N–H and O–H groups in total. The van der Waals surface area contributed by atoms with E-state index < -0.39 is 0 Å². The zero-order valence-corrected chi connectivity index (χ0v) is 16.0. The molecule has 0 radical (unpaired) electrons. The average Bonchev–Trinajstić information content (AvgIpc) is 2.69. The van der Waals surface area contributed by atoms with Crippen molar-refractivity contribution >= 4 is 17.3 Å². The Hall–Kier alpha value is -2.40. The van der Waals surface area contributed by atoms with E-state index in [4.69, 9.17) is 0 Å². The van der Waals surface area contributed by atoms with Crippen LogP contribution in [-0.4, -0.2) is 37.0 Å². The fourth-order valence-corrected chi connectivity index (χ4v) is 3.35. The van der Waals surface area contributed by atoms with Crippen LogP contribution in [0.1, 0.15) is 31.7 Å². The summed E-state index contributed by atoms with van der Waals surface area (Å²) >= 11 is 0. The molecule has 1 aliphatic heterocycles. The number of amides is 1. The van der Waals surface area contributed by atoms with E-state index in [2.05, 4.69) is 34.2 Å². The molecule has 1 aliphatic rings. The van der Waals surface area contributed by atoms with Gasteiger partial charge in [-0.1, -0.05) is 31.5 Å². The third-order valence-corrected chi connectivity index (χ3v) is 5.00. The van der Waals surface area contributed by atoms with Gasteiger partial charge in [0.25, 0.3) is 0 Å². The van der Waals surface area contributed by atoms with Crippen LogP contribution >= 0.6 is 0 Å². The fourth-order valence-electron chi connectivity index (χ4n) is 3.35. The van der Waals surface area contributed by atoms with E-state index in [-0.39, 0.29) is 11.7 Å². The Bertz CT molecular complexity index is 739. The van der Waals surface area contributed by atoms with Crippen molar-refractivity contribution in [3.05, 3.63) is 59.9 Å². The highest BCUT2D eigenvalue weighted by atomic mass is 19.1. The van der Waals surface area contributed by atoms with E-state index in [9.17, 15) is 9.18 Å². The summed E-state index contributed by atoms with van der Waals surface area (Å²) in [5.74, 6) is -0.0529. The van der Waals surface area contributed by atoms with E-state index in [1.54, 1.807) is 6.07 Å². The van der Waals surface area contributed by atoms with Crippen molar-refractivity contribution in [1.82, 2.24) is 4.90 Å². The van der Waals surface area contributed by atoms with E-state index in [0.29, 0.717) is 13.0 Å². The molecule has 5 heteroatoms. The van der Waals surface area contributed by atoms with Gasteiger partial charge in [-0.2, -0.15) is 0 Å². The number of carbonyl (C=O) groups excluding carboxylic acids is 1. The molecule has 3 rings (SSSR count). The molecular weight excluding hydrogens is 341 g/mol. The maximum atomic E-state index is 13.8. The summed E-state index contributed by atoms with van der Waals surface area (Å²) in [7, 11) is 0. The van der Waals surface area contributed by atoms with Gasteiger partial charge in [-0.15, -0.1) is 0 Å². The minimum atomic E-state index is -0.128. The average molecular weight is 369 g/mol. The number of carbonyl (C=O) groups is 1. The number of benzene rings is 2. The minimum absolute atomic E-state index is 0.0753. The molecule has 2 aromatic carbocycles. The van der Waals surface area contributed by atoms with Crippen LogP contribution in [0.25, 0.3) is 0 Å². The van der Waals surface area contributed by atoms with Crippen LogP contribution in [0.15, 0.2) is 48.5 Å². The molecule has 0 aliphatic carbocycles. The van der Waals surface area contributed by atoms with Gasteiger partial charge in [0, 0.05) is 56.1 Å². The van der Waals surface area contributed by atoms with Crippen molar-refractivity contribution in [3.63, 3.8) is 0 Å². The molecule has 0 atom stereocenters. The Balaban J connectivity index is 1.49. The molecule has 0 spiro atoms. The predicted octanol–water partition coefficient (Wildman–Crippen LogP) is 4.28. The van der Waals surface area contributed by atoms with Crippen LogP contribution in [-0.2, 0) is 11.3 Å². The molecular formula is C22H28FN3O. The van der Waals surface area contributed by atoms with Crippen molar-refractivity contribution < 1.29 is 9.18 Å². The monoisotopic (exact) mass is 369 g/mol. The van der Waals surface area contributed by atoms with Crippen LogP contribution < -0.4 is 10.2 Å². The second-order valence-corrected chi connectivity index (χ2v) is 7.05. The van der Waals surface area contributed by atoms with Crippen LogP contribution in [0.2, 0.25) is 0 Å². The molecule has 144 valence electrons. The molecule has 1 amide bonds. The van der Waals surface area contributed by atoms with Crippen LogP contribution in [0.4, 0.5) is 15.8 Å². The lowest BCUT2D eigenvalue weighted by Crippen LogP contribution is -2.46. The first-order chi connectivity index (χ1) is 13.2. The summed E-state index contributed by atoms with van der Waals surface area (Å²) in [6.45, 7) is 6.38. The second-order valence-electron chi connectivity index (χ2n) is 7.05. The van der Waals surface area contributed by atoms with Crippen LogP contribution in [0.3, 0.4) is 0 Å². The standard InChI is InChI=1S/C22H28FN3O/c1-2-3-8-22(27)24-19-9-11-20(12-10-19)26-15-13-25(14-16-26)17-18-6-4-5-7-21(18)23/h4-7,9-12H,2-3,8,13-17H2,1H3,(H,24,27). The zero-order chi connectivity index (χ0) is 19.1. The summed E-state index contributed by atoms with van der Waals surface area (Å²) in [5, 5.41) is 2.95. The Labute approximate surface area is 161 Å². The predicted molar refractivity (Wildman–Crippen MR) is 108 cm³/mol. The number of halogens is 1. The lowest BCUT2D eigenvalue weighted by Gasteiger charge is -2.36. The Morgan fingerprint density at radius 1 is 1.04 bits per heavy atom. The van der Waals surface area contributed by atoms with Gasteiger partial charge in [0.2, 0.25) is 5.91 Å². The number of piperazine rings is 1. The summed E-state index contributed by atoms with van der Waals surface area (Å²) in [4.78, 5) is 16.4. The molecule has 0 unspecified atom stereocenters. The first kappa shape index (κ1) is 19.4. The Morgan fingerprint density at radius 2 is 1.74 bits per heavy atom. The van der Waals surface area contributed by atoms with Gasteiger partial charge in [0.05, 0.1) is 0 Å². The number of hydrogen-bond acceptors (Lipinski definition) is 3. The molecule has 1 heterocycles. The summed E-state index contributed by atoms with van der Waals surface area (Å²) in [5.41, 5.74) is 2.76. The highest BCUT2D eigenvalue weighted by molar-refractivity contribution is 5.90. The first-order valence-corrected chi connectivity index (χ1v) is 9.76. The van der Waals surface area contributed by atoms with Crippen molar-refractivity contribution in [3.8, 4) is 0 Å². The number of anilines is 2. The smallest absolute Gasteiger partial charge is 0.224 e. The summed E-state index contributed by atoms with van der Waals surface area (Å²) in [6.07, 6.45) is 2.51. The largest absolute Gasteiger partial charge is 0.369 e. The number of rotatable bonds is 7. The van der Waals surface area contributed by atoms with Crippen LogP contribution in [0, 0.1) is 5.82 Å².